The Morgan fingerprint density at radius 1 is 1.61 bits per heavy atom. The van der Waals surface area contributed by atoms with Gasteiger partial charge in [-0.25, -0.2) is 0 Å². The summed E-state index contributed by atoms with van der Waals surface area (Å²) in [5, 5.41) is 4.81. The standard InChI is InChI=1S/C12H14N2O3S/c15-10(4-9-2-1-3-18-9)13-6-8-7-14-11(16)5-12(14)17-8/h1-3,8,12H,4-7H2,(H,13,15). The van der Waals surface area contributed by atoms with Crippen LogP contribution in [-0.4, -0.2) is 42.1 Å². The number of ether oxygens (including phenoxy) is 1. The molecule has 2 aliphatic heterocycles. The minimum absolute atomic E-state index is 0.00150. The molecule has 0 aromatic carbocycles. The summed E-state index contributed by atoms with van der Waals surface area (Å²) in [6, 6.07) is 3.88. The van der Waals surface area contributed by atoms with Gasteiger partial charge in [0.25, 0.3) is 0 Å². The molecular weight excluding hydrogens is 252 g/mol. The molecule has 0 radical (unpaired) electrons. The molecule has 2 saturated heterocycles. The zero-order valence-corrected chi connectivity index (χ0v) is 10.6. The molecule has 0 spiro atoms. The Balaban J connectivity index is 1.42. The van der Waals surface area contributed by atoms with Crippen LogP contribution in [0.2, 0.25) is 0 Å². The van der Waals surface area contributed by atoms with Gasteiger partial charge in [0.15, 0.2) is 0 Å². The van der Waals surface area contributed by atoms with E-state index >= 15 is 0 Å². The van der Waals surface area contributed by atoms with E-state index in [-0.39, 0.29) is 24.1 Å². The molecule has 1 N–H and O–H groups in total. The second-order valence-corrected chi connectivity index (χ2v) is 5.56. The van der Waals surface area contributed by atoms with E-state index in [9.17, 15) is 9.59 Å². The fraction of sp³-hybridized carbons (Fsp3) is 0.500. The van der Waals surface area contributed by atoms with E-state index in [1.807, 2.05) is 17.5 Å². The van der Waals surface area contributed by atoms with Gasteiger partial charge >= 0.3 is 0 Å². The van der Waals surface area contributed by atoms with Gasteiger partial charge in [-0.15, -0.1) is 11.3 Å². The summed E-state index contributed by atoms with van der Waals surface area (Å²) in [5.74, 6) is 0.147. The van der Waals surface area contributed by atoms with Crippen LogP contribution in [-0.2, 0) is 20.7 Å². The highest BCUT2D eigenvalue weighted by Gasteiger charge is 2.45. The Hall–Kier alpha value is -1.40. The Morgan fingerprint density at radius 3 is 3.17 bits per heavy atom. The fourth-order valence-corrected chi connectivity index (χ4v) is 2.93. The van der Waals surface area contributed by atoms with E-state index in [4.69, 9.17) is 4.74 Å². The molecular formula is C12H14N2O3S. The number of thiophene rings is 1. The minimum Gasteiger partial charge on any atom is -0.353 e. The van der Waals surface area contributed by atoms with Crippen molar-refractivity contribution in [2.45, 2.75) is 25.2 Å². The van der Waals surface area contributed by atoms with Crippen LogP contribution in [0.15, 0.2) is 17.5 Å². The first-order chi connectivity index (χ1) is 8.72. The van der Waals surface area contributed by atoms with Crippen molar-refractivity contribution in [2.24, 2.45) is 0 Å². The van der Waals surface area contributed by atoms with E-state index in [1.165, 1.54) is 0 Å². The van der Waals surface area contributed by atoms with Crippen LogP contribution >= 0.6 is 11.3 Å². The van der Waals surface area contributed by atoms with E-state index in [2.05, 4.69) is 5.32 Å². The number of fused-ring (bicyclic) bond motifs is 1. The van der Waals surface area contributed by atoms with E-state index in [0.717, 1.165) is 4.88 Å². The van der Waals surface area contributed by atoms with Crippen LogP contribution in [0.3, 0.4) is 0 Å². The predicted octanol–water partition coefficient (Wildman–Crippen LogP) is 0.364. The summed E-state index contributed by atoms with van der Waals surface area (Å²) in [6.45, 7) is 1.08. The number of hydrogen-bond donors (Lipinski definition) is 1. The summed E-state index contributed by atoms with van der Waals surface area (Å²) >= 11 is 1.58. The van der Waals surface area contributed by atoms with Gasteiger partial charge in [0.05, 0.1) is 25.5 Å². The average Bonchev–Trinajstić information content (AvgIpc) is 2.94. The number of carbonyl (C=O) groups is 2. The van der Waals surface area contributed by atoms with Crippen LogP contribution in [0.5, 0.6) is 0 Å². The SMILES string of the molecule is O=C(Cc1cccs1)NCC1CN2C(=O)CC2O1. The van der Waals surface area contributed by atoms with Gasteiger partial charge in [0.1, 0.15) is 6.23 Å². The first-order valence-corrected chi connectivity index (χ1v) is 6.84. The van der Waals surface area contributed by atoms with Crippen molar-refractivity contribution in [3.05, 3.63) is 22.4 Å². The van der Waals surface area contributed by atoms with Crippen molar-refractivity contribution in [1.29, 1.82) is 0 Å². The number of nitrogens with one attached hydrogen (secondary N) is 1. The molecule has 18 heavy (non-hydrogen) atoms. The van der Waals surface area contributed by atoms with E-state index in [0.29, 0.717) is 25.9 Å². The smallest absolute Gasteiger partial charge is 0.229 e. The predicted molar refractivity (Wildman–Crippen MR) is 66.0 cm³/mol. The van der Waals surface area contributed by atoms with Crippen LogP contribution in [0, 0.1) is 0 Å². The largest absolute Gasteiger partial charge is 0.353 e. The van der Waals surface area contributed by atoms with E-state index in [1.54, 1.807) is 16.2 Å². The number of carbonyl (C=O) groups excluding carboxylic acids is 2. The van der Waals surface area contributed by atoms with Crippen molar-refractivity contribution < 1.29 is 14.3 Å². The summed E-state index contributed by atoms with van der Waals surface area (Å²) < 4.78 is 5.61. The number of rotatable bonds is 4. The quantitative estimate of drug-likeness (QED) is 0.801. The molecule has 0 bridgehead atoms. The van der Waals surface area contributed by atoms with Crippen LogP contribution < -0.4 is 5.32 Å². The molecule has 2 aliphatic rings. The molecule has 5 nitrogen and oxygen atoms in total. The monoisotopic (exact) mass is 266 g/mol. The maximum atomic E-state index is 11.7. The first-order valence-electron chi connectivity index (χ1n) is 5.96. The third-order valence-corrected chi connectivity index (χ3v) is 4.09. The molecule has 0 saturated carbocycles. The van der Waals surface area contributed by atoms with Gasteiger partial charge in [-0.2, -0.15) is 0 Å². The summed E-state index contributed by atoms with van der Waals surface area (Å²) in [4.78, 5) is 25.6. The number of nitrogens with zero attached hydrogens (tertiary/aromatic N) is 1. The second-order valence-electron chi connectivity index (χ2n) is 4.52. The maximum Gasteiger partial charge on any atom is 0.229 e. The van der Waals surface area contributed by atoms with Gasteiger partial charge in [0, 0.05) is 11.4 Å². The third kappa shape index (κ3) is 2.26. The molecule has 2 atom stereocenters. The van der Waals surface area contributed by atoms with Crippen molar-refractivity contribution in [3.8, 4) is 0 Å². The molecule has 96 valence electrons. The first kappa shape index (κ1) is 11.7. The Kier molecular flexibility index (Phi) is 3.05. The lowest BCUT2D eigenvalue weighted by atomic mass is 10.2. The molecule has 1 aromatic rings. The molecule has 2 unspecified atom stereocenters. The Morgan fingerprint density at radius 2 is 2.50 bits per heavy atom. The van der Waals surface area contributed by atoms with Crippen LogP contribution in [0.4, 0.5) is 0 Å². The third-order valence-electron chi connectivity index (χ3n) is 3.21. The van der Waals surface area contributed by atoms with Crippen molar-refractivity contribution in [3.63, 3.8) is 0 Å². The Bertz CT molecular complexity index is 460. The van der Waals surface area contributed by atoms with Gasteiger partial charge in [-0.3, -0.25) is 9.59 Å². The molecule has 6 heteroatoms. The zero-order chi connectivity index (χ0) is 12.5. The fourth-order valence-electron chi connectivity index (χ4n) is 2.22. The highest BCUT2D eigenvalue weighted by atomic mass is 32.1. The van der Waals surface area contributed by atoms with Gasteiger partial charge in [-0.1, -0.05) is 6.07 Å². The second kappa shape index (κ2) is 4.70. The highest BCUT2D eigenvalue weighted by molar-refractivity contribution is 7.10. The minimum atomic E-state index is -0.0614. The normalized spacial score (nSPS) is 25.8. The van der Waals surface area contributed by atoms with Gasteiger partial charge < -0.3 is 15.0 Å². The van der Waals surface area contributed by atoms with Crippen molar-refractivity contribution in [1.82, 2.24) is 10.2 Å². The Labute approximate surface area is 109 Å². The molecule has 3 heterocycles. The summed E-state index contributed by atoms with van der Waals surface area (Å²) in [6.07, 6.45) is 0.793. The number of amides is 2. The van der Waals surface area contributed by atoms with Crippen LogP contribution in [0.1, 0.15) is 11.3 Å². The number of β-lactam (4-membered cyclic amide) rings is 1. The van der Waals surface area contributed by atoms with E-state index < -0.39 is 0 Å². The summed E-state index contributed by atoms with van der Waals surface area (Å²) in [7, 11) is 0. The molecule has 2 amide bonds. The van der Waals surface area contributed by atoms with Gasteiger partial charge in [0.2, 0.25) is 11.8 Å². The molecule has 3 rings (SSSR count). The lowest BCUT2D eigenvalue weighted by Crippen LogP contribution is -2.48. The average molecular weight is 266 g/mol. The van der Waals surface area contributed by atoms with Crippen molar-refractivity contribution in [2.75, 3.05) is 13.1 Å². The summed E-state index contributed by atoms with van der Waals surface area (Å²) in [5.41, 5.74) is 0. The van der Waals surface area contributed by atoms with Crippen LogP contribution in [0.25, 0.3) is 0 Å². The lowest BCUT2D eigenvalue weighted by Gasteiger charge is -2.31. The molecule has 1 aromatic heterocycles. The lowest BCUT2D eigenvalue weighted by molar-refractivity contribution is -0.156. The molecule has 2 fully saturated rings. The maximum absolute atomic E-state index is 11.7. The molecule has 0 aliphatic carbocycles. The van der Waals surface area contributed by atoms with Gasteiger partial charge in [-0.05, 0) is 11.4 Å². The zero-order valence-electron chi connectivity index (χ0n) is 9.80. The highest BCUT2D eigenvalue weighted by Crippen LogP contribution is 2.28. The van der Waals surface area contributed by atoms with Crippen molar-refractivity contribution >= 4 is 23.2 Å². The number of hydrogen-bond acceptors (Lipinski definition) is 4. The topological polar surface area (TPSA) is 58.6 Å².